The zero-order chi connectivity index (χ0) is 21.2. The van der Waals surface area contributed by atoms with Gasteiger partial charge in [0.1, 0.15) is 12.3 Å². The highest BCUT2D eigenvalue weighted by Crippen LogP contribution is 2.33. The molecule has 0 saturated heterocycles. The Balaban J connectivity index is 2.15. The zero-order valence-corrected chi connectivity index (χ0v) is 16.7. The molecular formula is C21H26F2N4O2+2. The van der Waals surface area contributed by atoms with Gasteiger partial charge in [0, 0.05) is 16.7 Å². The van der Waals surface area contributed by atoms with Crippen LogP contribution >= 0.6 is 0 Å². The maximum Gasteiger partial charge on any atom is 0.352 e. The number of nitrogens with two attached hydrogens (primary N) is 2. The standard InChI is InChI=1S/C21H24F2N4O2/c1-13-9-16(7-8-17(13)29-18(23)11-22)21(19(28)27(3)20(24)26-21)15-6-4-5-14(10-15)12-25-2/h4-10,18,25H,11-12H2,1-3H3,(H2,24,26)/p+2. The topological polar surface area (TPSA) is 86.1 Å². The number of carbonyl (C=O) groups is 1. The third kappa shape index (κ3) is 3.67. The lowest BCUT2D eigenvalue weighted by Gasteiger charge is -2.25. The Hall–Kier alpha value is -3.00. The van der Waals surface area contributed by atoms with E-state index in [2.05, 4.69) is 4.99 Å². The smallest absolute Gasteiger partial charge is 0.352 e. The van der Waals surface area contributed by atoms with Gasteiger partial charge < -0.3 is 10.1 Å². The summed E-state index contributed by atoms with van der Waals surface area (Å²) >= 11 is 0. The Morgan fingerprint density at radius 2 is 2.00 bits per heavy atom. The average Bonchev–Trinajstić information content (AvgIpc) is 2.94. The highest BCUT2D eigenvalue weighted by Gasteiger charge is 2.54. The SMILES string of the molecule is C[NH2+]Cc1cccc(C2(c3ccc(OC(F)CF)c(C)c3)[NH+]=C(N)N(C)C2=O)c1. The molecule has 1 heterocycles. The molecule has 5 N–H and O–H groups in total. The molecule has 154 valence electrons. The molecule has 6 nitrogen and oxygen atoms in total. The lowest BCUT2D eigenvalue weighted by molar-refractivity contribution is -0.643. The molecule has 1 aliphatic rings. The van der Waals surface area contributed by atoms with Crippen molar-refractivity contribution < 1.29 is 28.6 Å². The van der Waals surface area contributed by atoms with Crippen molar-refractivity contribution in [1.82, 2.24) is 4.90 Å². The highest BCUT2D eigenvalue weighted by molar-refractivity contribution is 6.03. The average molecular weight is 404 g/mol. The van der Waals surface area contributed by atoms with Gasteiger partial charge in [-0.15, -0.1) is 0 Å². The van der Waals surface area contributed by atoms with Crippen LogP contribution in [0.2, 0.25) is 0 Å². The van der Waals surface area contributed by atoms with E-state index in [-0.39, 0.29) is 17.6 Å². The maximum atomic E-state index is 13.3. The van der Waals surface area contributed by atoms with Gasteiger partial charge in [-0.05, 0) is 30.7 Å². The number of carbonyl (C=O) groups excluding carboxylic acids is 1. The first-order valence-corrected chi connectivity index (χ1v) is 9.37. The minimum atomic E-state index is -2.03. The van der Waals surface area contributed by atoms with Gasteiger partial charge in [0.2, 0.25) is 5.54 Å². The Kier molecular flexibility index (Phi) is 5.83. The Labute approximate surface area is 168 Å². The first kappa shape index (κ1) is 20.7. The van der Waals surface area contributed by atoms with Crippen molar-refractivity contribution in [3.8, 4) is 5.75 Å². The minimum Gasteiger partial charge on any atom is -0.457 e. The molecule has 0 saturated carbocycles. The summed E-state index contributed by atoms with van der Waals surface area (Å²) < 4.78 is 30.8. The third-order valence-electron chi connectivity index (χ3n) is 5.09. The predicted molar refractivity (Wildman–Crippen MR) is 104 cm³/mol. The number of aryl methyl sites for hydroxylation is 1. The Morgan fingerprint density at radius 1 is 1.28 bits per heavy atom. The van der Waals surface area contributed by atoms with Crippen molar-refractivity contribution >= 4 is 11.9 Å². The number of nitrogens with one attached hydrogen (secondary N) is 1. The maximum absolute atomic E-state index is 13.3. The highest BCUT2D eigenvalue weighted by atomic mass is 19.2. The van der Waals surface area contributed by atoms with Crippen LogP contribution in [-0.2, 0) is 16.9 Å². The molecule has 1 amide bonds. The lowest BCUT2D eigenvalue weighted by Crippen LogP contribution is -2.85. The summed E-state index contributed by atoms with van der Waals surface area (Å²) in [5.74, 6) is 0.230. The van der Waals surface area contributed by atoms with Crippen molar-refractivity contribution in [1.29, 1.82) is 0 Å². The molecule has 8 heteroatoms. The molecule has 0 bridgehead atoms. The summed E-state index contributed by atoms with van der Waals surface area (Å²) in [7, 11) is 3.58. The molecule has 0 radical (unpaired) electrons. The van der Waals surface area contributed by atoms with E-state index in [0.29, 0.717) is 11.1 Å². The van der Waals surface area contributed by atoms with Gasteiger partial charge in [-0.2, -0.15) is 4.39 Å². The van der Waals surface area contributed by atoms with E-state index in [9.17, 15) is 13.6 Å². The molecule has 2 aromatic carbocycles. The molecule has 3 rings (SSSR count). The minimum absolute atomic E-state index is 0.221. The van der Waals surface area contributed by atoms with E-state index >= 15 is 0 Å². The van der Waals surface area contributed by atoms with Crippen LogP contribution in [0.5, 0.6) is 5.75 Å². The first-order chi connectivity index (χ1) is 13.8. The van der Waals surface area contributed by atoms with Crippen LogP contribution in [0.3, 0.4) is 0 Å². The number of amides is 1. The number of benzene rings is 2. The molecule has 29 heavy (non-hydrogen) atoms. The summed E-state index contributed by atoms with van der Waals surface area (Å²) in [5.41, 5.74) is 7.86. The number of rotatable bonds is 7. The van der Waals surface area contributed by atoms with Gasteiger partial charge in [0.05, 0.1) is 14.1 Å². The quantitative estimate of drug-likeness (QED) is 0.579. The van der Waals surface area contributed by atoms with Crippen LogP contribution in [0.25, 0.3) is 0 Å². The molecule has 2 atom stereocenters. The Morgan fingerprint density at radius 3 is 2.59 bits per heavy atom. The largest absolute Gasteiger partial charge is 0.457 e. The van der Waals surface area contributed by atoms with Crippen LogP contribution in [0, 0.1) is 6.92 Å². The number of likely N-dealkylation sites (N-methyl/N-ethyl adjacent to an activating group) is 1. The summed E-state index contributed by atoms with van der Waals surface area (Å²) in [6.07, 6.45) is -2.03. The summed E-state index contributed by atoms with van der Waals surface area (Å²) in [6, 6.07) is 12.7. The van der Waals surface area contributed by atoms with Gasteiger partial charge in [-0.3, -0.25) is 15.5 Å². The molecular weight excluding hydrogens is 378 g/mol. The Bertz CT molecular complexity index is 950. The fraction of sp³-hybridized carbons (Fsp3) is 0.333. The second kappa shape index (κ2) is 8.16. The van der Waals surface area contributed by atoms with Crippen LogP contribution < -0.4 is 20.8 Å². The lowest BCUT2D eigenvalue weighted by atomic mass is 9.81. The van der Waals surface area contributed by atoms with E-state index in [4.69, 9.17) is 10.5 Å². The third-order valence-corrected chi connectivity index (χ3v) is 5.09. The molecule has 0 aromatic heterocycles. The van der Waals surface area contributed by atoms with Crippen molar-refractivity contribution in [2.75, 3.05) is 20.8 Å². The van der Waals surface area contributed by atoms with Gasteiger partial charge in [0.15, 0.2) is 6.67 Å². The van der Waals surface area contributed by atoms with E-state index in [1.165, 1.54) is 4.90 Å². The van der Waals surface area contributed by atoms with Crippen LogP contribution in [-0.4, -0.2) is 43.9 Å². The van der Waals surface area contributed by atoms with E-state index in [1.807, 2.05) is 36.6 Å². The molecule has 0 aliphatic carbocycles. The summed E-state index contributed by atoms with van der Waals surface area (Å²) in [6.45, 7) is 1.25. The van der Waals surface area contributed by atoms with Crippen molar-refractivity contribution in [2.24, 2.45) is 5.73 Å². The van der Waals surface area contributed by atoms with Gasteiger partial charge in [-0.25, -0.2) is 9.29 Å². The molecule has 2 aromatic rings. The number of hydrogen-bond acceptors (Lipinski definition) is 3. The number of alkyl halides is 2. The monoisotopic (exact) mass is 404 g/mol. The first-order valence-electron chi connectivity index (χ1n) is 9.37. The van der Waals surface area contributed by atoms with Crippen LogP contribution in [0.1, 0.15) is 22.3 Å². The number of quaternary nitrogens is 1. The zero-order valence-electron chi connectivity index (χ0n) is 16.7. The second-order valence-corrected chi connectivity index (χ2v) is 7.10. The number of guanidine groups is 1. The van der Waals surface area contributed by atoms with E-state index < -0.39 is 18.6 Å². The van der Waals surface area contributed by atoms with Crippen molar-refractivity contribution in [3.05, 3.63) is 64.7 Å². The number of nitrogens with zero attached hydrogens (tertiary/aromatic N) is 1. The summed E-state index contributed by atoms with van der Waals surface area (Å²) in [5, 5.41) is 2.04. The molecule has 1 aliphatic heterocycles. The molecule has 0 fully saturated rings. The number of halogens is 2. The molecule has 0 spiro atoms. The fourth-order valence-electron chi connectivity index (χ4n) is 3.60. The fourth-order valence-corrected chi connectivity index (χ4v) is 3.60. The van der Waals surface area contributed by atoms with Gasteiger partial charge >= 0.3 is 11.9 Å². The molecule has 2 unspecified atom stereocenters. The van der Waals surface area contributed by atoms with Gasteiger partial charge in [-0.1, -0.05) is 24.3 Å². The summed E-state index contributed by atoms with van der Waals surface area (Å²) in [4.78, 5) is 17.9. The van der Waals surface area contributed by atoms with Gasteiger partial charge in [0.25, 0.3) is 6.36 Å². The van der Waals surface area contributed by atoms with E-state index in [1.54, 1.807) is 32.2 Å². The number of ether oxygens (including phenoxy) is 1. The van der Waals surface area contributed by atoms with Crippen molar-refractivity contribution in [3.63, 3.8) is 0 Å². The van der Waals surface area contributed by atoms with Crippen LogP contribution in [0.15, 0.2) is 42.5 Å². The second-order valence-electron chi connectivity index (χ2n) is 7.10. The predicted octanol–water partition coefficient (Wildman–Crippen LogP) is -0.557. The van der Waals surface area contributed by atoms with Crippen molar-refractivity contribution in [2.45, 2.75) is 25.4 Å². The van der Waals surface area contributed by atoms with Crippen LogP contribution in [0.4, 0.5) is 8.78 Å². The number of hydrogen-bond donors (Lipinski definition) is 3. The normalized spacial score (nSPS) is 20.0. The van der Waals surface area contributed by atoms with E-state index in [0.717, 1.165) is 17.7 Å².